The van der Waals surface area contributed by atoms with Crippen LogP contribution in [0.5, 0.6) is 0 Å². The van der Waals surface area contributed by atoms with Gasteiger partial charge in [0, 0.05) is 5.02 Å². The smallest absolute Gasteiger partial charge is 0.124 e. The van der Waals surface area contributed by atoms with Crippen molar-refractivity contribution in [1.29, 1.82) is 0 Å². The molecule has 0 aliphatic carbocycles. The van der Waals surface area contributed by atoms with Gasteiger partial charge < -0.3 is 5.11 Å². The molecule has 0 spiro atoms. The highest BCUT2D eigenvalue weighted by Crippen LogP contribution is 2.20. The van der Waals surface area contributed by atoms with Gasteiger partial charge in [0.25, 0.3) is 0 Å². The third-order valence-corrected chi connectivity index (χ3v) is 3.67. The minimum atomic E-state index is -0.443. The van der Waals surface area contributed by atoms with Gasteiger partial charge in [-0.3, -0.25) is 0 Å². The molecule has 0 radical (unpaired) electrons. The summed E-state index contributed by atoms with van der Waals surface area (Å²) in [5.41, 5.74) is 2.07. The minimum absolute atomic E-state index is 0.350. The lowest BCUT2D eigenvalue weighted by Gasteiger charge is -2.12. The van der Waals surface area contributed by atoms with Gasteiger partial charge in [-0.05, 0) is 48.9 Å². The van der Waals surface area contributed by atoms with Gasteiger partial charge in [-0.25, -0.2) is 4.39 Å². The highest BCUT2D eigenvalue weighted by Gasteiger charge is 2.09. The van der Waals surface area contributed by atoms with Crippen LogP contribution >= 0.6 is 11.6 Å². The number of halogens is 2. The van der Waals surface area contributed by atoms with Crippen molar-refractivity contribution < 1.29 is 9.50 Å². The van der Waals surface area contributed by atoms with Gasteiger partial charge in [0.15, 0.2) is 0 Å². The maximum absolute atomic E-state index is 12.9. The third-order valence-electron chi connectivity index (χ3n) is 3.32. The van der Waals surface area contributed by atoms with Crippen LogP contribution in [0, 0.1) is 5.82 Å². The summed E-state index contributed by atoms with van der Waals surface area (Å²) in [6.45, 7) is 0. The maximum Gasteiger partial charge on any atom is 0.124 e. The van der Waals surface area contributed by atoms with E-state index in [0.717, 1.165) is 18.4 Å². The van der Waals surface area contributed by atoms with Gasteiger partial charge >= 0.3 is 0 Å². The predicted octanol–water partition coefficient (Wildman–Crippen LogP) is 4.41. The molecule has 1 N–H and O–H groups in total. The second-order valence-corrected chi connectivity index (χ2v) is 5.38. The molecular weight excluding hydrogens is 275 g/mol. The summed E-state index contributed by atoms with van der Waals surface area (Å²) in [5, 5.41) is 10.4. The average molecular weight is 293 g/mol. The monoisotopic (exact) mass is 292 g/mol. The Labute approximate surface area is 124 Å². The number of hydrogen-bond acceptors (Lipinski definition) is 1. The molecule has 0 heterocycles. The topological polar surface area (TPSA) is 20.2 Å². The van der Waals surface area contributed by atoms with Crippen molar-refractivity contribution in [3.05, 3.63) is 70.5 Å². The lowest BCUT2D eigenvalue weighted by atomic mass is 10.0. The number of hydrogen-bond donors (Lipinski definition) is 1. The second kappa shape index (κ2) is 7.41. The standard InChI is InChI=1S/C17H18ClFO/c18-17-12-15(19)10-9-14(17)11-16(20)8-4-7-13-5-2-1-3-6-13/h1-3,5-6,9-10,12,16,20H,4,7-8,11H2. The number of aryl methyl sites for hydroxylation is 1. The van der Waals surface area contributed by atoms with E-state index in [1.165, 1.54) is 17.7 Å². The third kappa shape index (κ3) is 4.62. The van der Waals surface area contributed by atoms with E-state index >= 15 is 0 Å². The number of aliphatic hydroxyl groups excluding tert-OH is 1. The Bertz CT molecular complexity index is 542. The van der Waals surface area contributed by atoms with Gasteiger partial charge in [-0.1, -0.05) is 48.0 Å². The molecule has 0 amide bonds. The van der Waals surface area contributed by atoms with Gasteiger partial charge in [0.05, 0.1) is 6.10 Å². The van der Waals surface area contributed by atoms with E-state index in [2.05, 4.69) is 12.1 Å². The SMILES string of the molecule is OC(CCCc1ccccc1)Cc1ccc(F)cc1Cl. The Kier molecular flexibility index (Phi) is 5.57. The largest absolute Gasteiger partial charge is 0.393 e. The molecule has 0 aliphatic heterocycles. The van der Waals surface area contributed by atoms with Gasteiger partial charge in [-0.15, -0.1) is 0 Å². The first-order chi connectivity index (χ1) is 9.65. The quantitative estimate of drug-likeness (QED) is 0.836. The Morgan fingerprint density at radius 3 is 2.55 bits per heavy atom. The summed E-state index contributed by atoms with van der Waals surface area (Å²) in [4.78, 5) is 0. The fourth-order valence-corrected chi connectivity index (χ4v) is 2.47. The fraction of sp³-hybridized carbons (Fsp3) is 0.294. The zero-order valence-electron chi connectivity index (χ0n) is 11.2. The van der Waals surface area contributed by atoms with Crippen molar-refractivity contribution in [2.24, 2.45) is 0 Å². The first kappa shape index (κ1) is 15.0. The molecule has 0 aliphatic rings. The van der Waals surface area contributed by atoms with Crippen molar-refractivity contribution in [1.82, 2.24) is 0 Å². The molecule has 2 aromatic carbocycles. The van der Waals surface area contributed by atoms with E-state index in [9.17, 15) is 9.50 Å². The summed E-state index contributed by atoms with van der Waals surface area (Å²) in [6.07, 6.45) is 2.61. The molecule has 1 atom stereocenters. The van der Waals surface area contributed by atoms with E-state index in [1.54, 1.807) is 6.07 Å². The number of rotatable bonds is 6. The van der Waals surface area contributed by atoms with Crippen LogP contribution in [-0.4, -0.2) is 11.2 Å². The molecular formula is C17H18ClFO. The van der Waals surface area contributed by atoms with E-state index in [-0.39, 0.29) is 5.82 Å². The van der Waals surface area contributed by atoms with Crippen molar-refractivity contribution >= 4 is 11.6 Å². The van der Waals surface area contributed by atoms with Crippen LogP contribution in [0.3, 0.4) is 0 Å². The molecule has 0 saturated heterocycles. The molecule has 0 aromatic heterocycles. The van der Waals surface area contributed by atoms with Crippen molar-refractivity contribution in [2.45, 2.75) is 31.8 Å². The lowest BCUT2D eigenvalue weighted by molar-refractivity contribution is 0.162. The van der Waals surface area contributed by atoms with E-state index in [0.29, 0.717) is 17.9 Å². The predicted molar refractivity (Wildman–Crippen MR) is 80.5 cm³/mol. The highest BCUT2D eigenvalue weighted by molar-refractivity contribution is 6.31. The normalized spacial score (nSPS) is 12.3. The van der Waals surface area contributed by atoms with E-state index < -0.39 is 6.10 Å². The maximum atomic E-state index is 12.9. The Balaban J connectivity index is 1.79. The summed E-state index contributed by atoms with van der Waals surface area (Å²) >= 11 is 5.95. The number of benzene rings is 2. The zero-order valence-corrected chi connectivity index (χ0v) is 12.0. The molecule has 0 fully saturated rings. The van der Waals surface area contributed by atoms with Crippen LogP contribution in [0.4, 0.5) is 4.39 Å². The number of aliphatic hydroxyl groups is 1. The minimum Gasteiger partial charge on any atom is -0.393 e. The van der Waals surface area contributed by atoms with Crippen LogP contribution in [0.1, 0.15) is 24.0 Å². The fourth-order valence-electron chi connectivity index (χ4n) is 2.23. The Morgan fingerprint density at radius 2 is 1.85 bits per heavy atom. The van der Waals surface area contributed by atoms with Crippen molar-refractivity contribution in [3.8, 4) is 0 Å². The van der Waals surface area contributed by atoms with Crippen LogP contribution < -0.4 is 0 Å². The first-order valence-electron chi connectivity index (χ1n) is 6.81. The molecule has 2 rings (SSSR count). The molecule has 1 nitrogen and oxygen atoms in total. The molecule has 2 aromatic rings. The summed E-state index contributed by atoms with van der Waals surface area (Å²) in [6, 6.07) is 14.5. The van der Waals surface area contributed by atoms with E-state index in [1.807, 2.05) is 18.2 Å². The lowest BCUT2D eigenvalue weighted by Crippen LogP contribution is -2.11. The summed E-state index contributed by atoms with van der Waals surface area (Å²) in [7, 11) is 0. The van der Waals surface area contributed by atoms with Crippen LogP contribution in [0.15, 0.2) is 48.5 Å². The van der Waals surface area contributed by atoms with E-state index in [4.69, 9.17) is 11.6 Å². The molecule has 0 saturated carbocycles. The molecule has 3 heteroatoms. The molecule has 0 bridgehead atoms. The molecule has 20 heavy (non-hydrogen) atoms. The zero-order chi connectivity index (χ0) is 14.4. The van der Waals surface area contributed by atoms with Crippen LogP contribution in [0.25, 0.3) is 0 Å². The van der Waals surface area contributed by atoms with Crippen molar-refractivity contribution in [2.75, 3.05) is 0 Å². The summed E-state index contributed by atoms with van der Waals surface area (Å²) in [5.74, 6) is -0.350. The van der Waals surface area contributed by atoms with Crippen LogP contribution in [0.2, 0.25) is 5.02 Å². The molecule has 1 unspecified atom stereocenters. The van der Waals surface area contributed by atoms with Crippen molar-refractivity contribution in [3.63, 3.8) is 0 Å². The second-order valence-electron chi connectivity index (χ2n) is 4.97. The first-order valence-corrected chi connectivity index (χ1v) is 7.19. The summed E-state index contributed by atoms with van der Waals surface area (Å²) < 4.78 is 12.9. The average Bonchev–Trinajstić information content (AvgIpc) is 2.43. The van der Waals surface area contributed by atoms with Crippen LogP contribution in [-0.2, 0) is 12.8 Å². The Hall–Kier alpha value is -1.38. The van der Waals surface area contributed by atoms with Gasteiger partial charge in [0.2, 0.25) is 0 Å². The highest BCUT2D eigenvalue weighted by atomic mass is 35.5. The van der Waals surface area contributed by atoms with Gasteiger partial charge in [-0.2, -0.15) is 0 Å². The van der Waals surface area contributed by atoms with Gasteiger partial charge in [0.1, 0.15) is 5.82 Å². The molecule has 106 valence electrons. The Morgan fingerprint density at radius 1 is 1.10 bits per heavy atom.